The summed E-state index contributed by atoms with van der Waals surface area (Å²) in [5.41, 5.74) is 5.22. The summed E-state index contributed by atoms with van der Waals surface area (Å²) >= 11 is 11.4. The van der Waals surface area contributed by atoms with Crippen LogP contribution >= 0.6 is 23.8 Å². The third kappa shape index (κ3) is 3.18. The van der Waals surface area contributed by atoms with Gasteiger partial charge in [-0.2, -0.15) is 5.10 Å². The first kappa shape index (κ1) is 15.8. The van der Waals surface area contributed by atoms with Gasteiger partial charge in [-0.25, -0.2) is 4.68 Å². The summed E-state index contributed by atoms with van der Waals surface area (Å²) in [5, 5.41) is 7.67. The van der Waals surface area contributed by atoms with Crippen molar-refractivity contribution < 1.29 is 4.42 Å². The second kappa shape index (κ2) is 6.60. The van der Waals surface area contributed by atoms with Crippen LogP contribution in [0.3, 0.4) is 0 Å². The quantitative estimate of drug-likeness (QED) is 0.668. The molecule has 3 rings (SSSR count). The van der Waals surface area contributed by atoms with Gasteiger partial charge in [-0.15, -0.1) is 0 Å². The van der Waals surface area contributed by atoms with E-state index in [4.69, 9.17) is 28.2 Å². The number of aromatic nitrogens is 3. The average molecular weight is 349 g/mol. The van der Waals surface area contributed by atoms with E-state index in [1.807, 2.05) is 44.2 Å². The summed E-state index contributed by atoms with van der Waals surface area (Å²) in [7, 11) is 0. The molecule has 2 aromatic heterocycles. The highest BCUT2D eigenvalue weighted by atomic mass is 35.5. The number of aromatic amines is 1. The number of hydrogen-bond donors (Lipinski definition) is 2. The summed E-state index contributed by atoms with van der Waals surface area (Å²) in [6.07, 6.45) is 0.783. The van der Waals surface area contributed by atoms with Crippen molar-refractivity contribution in [3.63, 3.8) is 0 Å². The Hall–Kier alpha value is -2.05. The first-order valence-electron chi connectivity index (χ1n) is 7.34. The third-order valence-corrected chi connectivity index (χ3v) is 4.35. The standard InChI is InChI=1S/C16H17ClN4OS/c1-3-15-19-20-16(23)21(15)18-9-11-7-8-14(22-11)12-5-4-6-13(17)10(12)2/h4-8,18H,3,9H2,1-2H3,(H,20,23). The predicted octanol–water partition coefficient (Wildman–Crippen LogP) is 4.47. The molecule has 0 aliphatic carbocycles. The van der Waals surface area contributed by atoms with Gasteiger partial charge in [-0.3, -0.25) is 5.10 Å². The molecule has 0 atom stereocenters. The summed E-state index contributed by atoms with van der Waals surface area (Å²) in [4.78, 5) is 0. The molecule has 0 amide bonds. The molecule has 3 aromatic rings. The number of nitrogens with one attached hydrogen (secondary N) is 2. The Kier molecular flexibility index (Phi) is 4.54. The highest BCUT2D eigenvalue weighted by molar-refractivity contribution is 7.71. The Bertz CT molecular complexity index is 880. The molecule has 2 heterocycles. The van der Waals surface area contributed by atoms with Crippen LogP contribution in [-0.2, 0) is 13.0 Å². The monoisotopic (exact) mass is 348 g/mol. The van der Waals surface area contributed by atoms with Crippen LogP contribution in [0, 0.1) is 11.7 Å². The van der Waals surface area contributed by atoms with Crippen molar-refractivity contribution in [3.05, 3.63) is 57.3 Å². The lowest BCUT2D eigenvalue weighted by atomic mass is 10.1. The van der Waals surface area contributed by atoms with Gasteiger partial charge in [0, 0.05) is 17.0 Å². The van der Waals surface area contributed by atoms with E-state index in [0.29, 0.717) is 11.3 Å². The lowest BCUT2D eigenvalue weighted by molar-refractivity contribution is 0.521. The number of hydrogen-bond acceptors (Lipinski definition) is 4. The second-order valence-electron chi connectivity index (χ2n) is 5.15. The molecule has 7 heteroatoms. The van der Waals surface area contributed by atoms with Gasteiger partial charge in [-0.05, 0) is 42.9 Å². The van der Waals surface area contributed by atoms with Crippen LogP contribution in [0.25, 0.3) is 11.3 Å². The molecule has 0 bridgehead atoms. The molecule has 0 saturated carbocycles. The predicted molar refractivity (Wildman–Crippen MR) is 93.7 cm³/mol. The van der Waals surface area contributed by atoms with Crippen LogP contribution < -0.4 is 5.43 Å². The maximum absolute atomic E-state index is 6.17. The zero-order chi connectivity index (χ0) is 16.4. The number of rotatable bonds is 5. The van der Waals surface area contributed by atoms with Crippen molar-refractivity contribution in [1.82, 2.24) is 14.9 Å². The van der Waals surface area contributed by atoms with Gasteiger partial charge in [0.25, 0.3) is 0 Å². The van der Waals surface area contributed by atoms with Gasteiger partial charge >= 0.3 is 0 Å². The molecule has 1 aromatic carbocycles. The van der Waals surface area contributed by atoms with Crippen molar-refractivity contribution in [2.45, 2.75) is 26.8 Å². The van der Waals surface area contributed by atoms with Crippen LogP contribution in [0.15, 0.2) is 34.7 Å². The van der Waals surface area contributed by atoms with E-state index in [-0.39, 0.29) is 0 Å². The topological polar surface area (TPSA) is 58.8 Å². The molecule has 0 aliphatic rings. The number of nitrogens with zero attached hydrogens (tertiary/aromatic N) is 2. The van der Waals surface area contributed by atoms with Crippen molar-refractivity contribution in [2.24, 2.45) is 0 Å². The molecule has 0 spiro atoms. The average Bonchev–Trinajstić information content (AvgIpc) is 3.14. The maximum atomic E-state index is 6.17. The summed E-state index contributed by atoms with van der Waals surface area (Å²) in [6.45, 7) is 4.52. The lowest BCUT2D eigenvalue weighted by Crippen LogP contribution is -2.16. The Morgan fingerprint density at radius 2 is 2.17 bits per heavy atom. The highest BCUT2D eigenvalue weighted by Crippen LogP contribution is 2.29. The molecule has 0 unspecified atom stereocenters. The fourth-order valence-corrected chi connectivity index (χ4v) is 2.77. The third-order valence-electron chi connectivity index (χ3n) is 3.66. The molecule has 0 saturated heterocycles. The van der Waals surface area contributed by atoms with Gasteiger partial charge in [0.2, 0.25) is 4.77 Å². The minimum Gasteiger partial charge on any atom is -0.459 e. The van der Waals surface area contributed by atoms with Crippen molar-refractivity contribution in [1.29, 1.82) is 0 Å². The van der Waals surface area contributed by atoms with Crippen LogP contribution in [0.1, 0.15) is 24.1 Å². The Labute approximate surface area is 144 Å². The summed E-state index contributed by atoms with van der Waals surface area (Å²) in [6, 6.07) is 9.68. The fraction of sp³-hybridized carbons (Fsp3) is 0.250. The van der Waals surface area contributed by atoms with Crippen molar-refractivity contribution in [3.8, 4) is 11.3 Å². The van der Waals surface area contributed by atoms with Crippen molar-refractivity contribution in [2.75, 3.05) is 5.43 Å². The van der Waals surface area contributed by atoms with Crippen molar-refractivity contribution >= 4 is 23.8 Å². The number of H-pyrrole nitrogens is 1. The fourth-order valence-electron chi connectivity index (χ4n) is 2.38. The minimum absolute atomic E-state index is 0.514. The van der Waals surface area contributed by atoms with E-state index in [1.54, 1.807) is 4.68 Å². The van der Waals surface area contributed by atoms with E-state index in [1.165, 1.54) is 0 Å². The van der Waals surface area contributed by atoms with Crippen LogP contribution in [0.5, 0.6) is 0 Å². The Morgan fingerprint density at radius 1 is 1.35 bits per heavy atom. The molecule has 0 radical (unpaired) electrons. The van der Waals surface area contributed by atoms with E-state index >= 15 is 0 Å². The van der Waals surface area contributed by atoms with E-state index < -0.39 is 0 Å². The zero-order valence-electron chi connectivity index (χ0n) is 12.9. The number of halogens is 1. The van der Waals surface area contributed by atoms with Crippen LogP contribution in [0.4, 0.5) is 0 Å². The molecule has 120 valence electrons. The van der Waals surface area contributed by atoms with Gasteiger partial charge < -0.3 is 9.84 Å². The molecule has 2 N–H and O–H groups in total. The number of aryl methyl sites for hydroxylation is 1. The second-order valence-corrected chi connectivity index (χ2v) is 5.94. The molecule has 5 nitrogen and oxygen atoms in total. The Morgan fingerprint density at radius 3 is 2.96 bits per heavy atom. The lowest BCUT2D eigenvalue weighted by Gasteiger charge is -2.07. The molecular formula is C16H17ClN4OS. The van der Waals surface area contributed by atoms with Gasteiger partial charge in [0.1, 0.15) is 11.5 Å². The van der Waals surface area contributed by atoms with Gasteiger partial charge in [0.15, 0.2) is 5.82 Å². The smallest absolute Gasteiger partial charge is 0.214 e. The minimum atomic E-state index is 0.514. The normalized spacial score (nSPS) is 10.9. The number of furan rings is 1. The van der Waals surface area contributed by atoms with E-state index in [2.05, 4.69) is 15.6 Å². The summed E-state index contributed by atoms with van der Waals surface area (Å²) in [5.74, 6) is 2.46. The SMILES string of the molecule is CCc1n[nH]c(=S)n1NCc1ccc(-c2cccc(Cl)c2C)o1. The largest absolute Gasteiger partial charge is 0.459 e. The highest BCUT2D eigenvalue weighted by Gasteiger charge is 2.10. The zero-order valence-corrected chi connectivity index (χ0v) is 14.5. The van der Waals surface area contributed by atoms with Crippen LogP contribution in [0.2, 0.25) is 5.02 Å². The molecule has 0 aliphatic heterocycles. The molecule has 23 heavy (non-hydrogen) atoms. The summed E-state index contributed by atoms with van der Waals surface area (Å²) < 4.78 is 8.23. The molecule has 0 fully saturated rings. The number of benzene rings is 1. The maximum Gasteiger partial charge on any atom is 0.214 e. The van der Waals surface area contributed by atoms with E-state index in [9.17, 15) is 0 Å². The van der Waals surface area contributed by atoms with Crippen LogP contribution in [-0.4, -0.2) is 14.9 Å². The van der Waals surface area contributed by atoms with Gasteiger partial charge in [-0.1, -0.05) is 30.7 Å². The first-order chi connectivity index (χ1) is 11.1. The first-order valence-corrected chi connectivity index (χ1v) is 8.13. The van der Waals surface area contributed by atoms with Gasteiger partial charge in [0.05, 0.1) is 6.54 Å². The molecular weight excluding hydrogens is 332 g/mol. The Balaban J connectivity index is 1.79. The van der Waals surface area contributed by atoms with E-state index in [0.717, 1.165) is 39.9 Å².